The van der Waals surface area contributed by atoms with Crippen LogP contribution in [-0.2, 0) is 4.74 Å². The molecule has 0 amide bonds. The molecular weight excluding hydrogens is 180 g/mol. The average molecular weight is 202 g/mol. The molecule has 1 aliphatic heterocycles. The Morgan fingerprint density at radius 2 is 2.00 bits per heavy atom. The third kappa shape index (κ3) is 2.25. The van der Waals surface area contributed by atoms with Crippen molar-refractivity contribution in [3.63, 3.8) is 0 Å². The molecular formula is C10H22N2O2. The lowest BCUT2D eigenvalue weighted by atomic mass is 9.75. The molecule has 84 valence electrons. The van der Waals surface area contributed by atoms with Crippen LogP contribution in [0, 0.1) is 0 Å². The molecule has 1 unspecified atom stereocenters. The molecule has 0 aliphatic carbocycles. The van der Waals surface area contributed by atoms with Crippen molar-refractivity contribution in [3.8, 4) is 0 Å². The molecule has 0 aromatic carbocycles. The molecule has 0 saturated carbocycles. The Morgan fingerprint density at radius 3 is 2.43 bits per heavy atom. The minimum atomic E-state index is -0.782. The van der Waals surface area contributed by atoms with E-state index in [1.807, 2.05) is 6.92 Å². The summed E-state index contributed by atoms with van der Waals surface area (Å²) in [7, 11) is 3.67. The van der Waals surface area contributed by atoms with Crippen molar-refractivity contribution >= 4 is 0 Å². The van der Waals surface area contributed by atoms with Crippen LogP contribution in [0.25, 0.3) is 0 Å². The summed E-state index contributed by atoms with van der Waals surface area (Å²) in [5.74, 6) is 0. The van der Waals surface area contributed by atoms with Crippen LogP contribution in [0.4, 0.5) is 0 Å². The van der Waals surface area contributed by atoms with E-state index in [9.17, 15) is 5.11 Å². The highest BCUT2D eigenvalue weighted by atomic mass is 16.5. The van der Waals surface area contributed by atoms with Crippen LogP contribution in [0.15, 0.2) is 0 Å². The van der Waals surface area contributed by atoms with Crippen LogP contribution in [0.3, 0.4) is 0 Å². The van der Waals surface area contributed by atoms with Gasteiger partial charge in [-0.2, -0.15) is 0 Å². The smallest absolute Gasteiger partial charge is 0.0870 e. The number of likely N-dealkylation sites (tertiary alicyclic amines) is 1. The van der Waals surface area contributed by atoms with Crippen LogP contribution in [0.5, 0.6) is 0 Å². The maximum absolute atomic E-state index is 10.4. The molecule has 0 radical (unpaired) electrons. The Hall–Kier alpha value is -0.160. The zero-order valence-electron chi connectivity index (χ0n) is 9.42. The van der Waals surface area contributed by atoms with E-state index in [-0.39, 0.29) is 0 Å². The predicted octanol–water partition coefficient (Wildman–Crippen LogP) is -0.193. The van der Waals surface area contributed by atoms with Crippen molar-refractivity contribution in [1.29, 1.82) is 0 Å². The first-order valence-electron chi connectivity index (χ1n) is 5.10. The average Bonchev–Trinajstić information content (AvgIpc) is 2.10. The standard InChI is InChI=1S/C10H22N2O2/c1-9(11,8-14-3)10(13)4-6-12(2)7-5-10/h13H,4-8,11H2,1-3H3. The monoisotopic (exact) mass is 202 g/mol. The van der Waals surface area contributed by atoms with E-state index in [4.69, 9.17) is 10.5 Å². The Morgan fingerprint density at radius 1 is 1.50 bits per heavy atom. The SMILES string of the molecule is COCC(C)(N)C1(O)CCN(C)CC1. The minimum absolute atomic E-state index is 0.396. The van der Waals surface area contributed by atoms with Crippen molar-refractivity contribution in [1.82, 2.24) is 4.90 Å². The summed E-state index contributed by atoms with van der Waals surface area (Å²) in [6.45, 7) is 4.05. The van der Waals surface area contributed by atoms with Gasteiger partial charge in [0.25, 0.3) is 0 Å². The van der Waals surface area contributed by atoms with E-state index < -0.39 is 11.1 Å². The largest absolute Gasteiger partial charge is 0.388 e. The topological polar surface area (TPSA) is 58.7 Å². The first kappa shape index (κ1) is 11.9. The molecule has 0 aromatic rings. The predicted molar refractivity (Wildman–Crippen MR) is 56.1 cm³/mol. The van der Waals surface area contributed by atoms with Crippen LogP contribution in [-0.4, -0.2) is 55.0 Å². The van der Waals surface area contributed by atoms with Crippen molar-refractivity contribution in [2.45, 2.75) is 30.9 Å². The van der Waals surface area contributed by atoms with Crippen molar-refractivity contribution < 1.29 is 9.84 Å². The zero-order chi connectivity index (χ0) is 10.8. The molecule has 0 bridgehead atoms. The maximum Gasteiger partial charge on any atom is 0.0870 e. The van der Waals surface area contributed by atoms with Gasteiger partial charge in [0, 0.05) is 20.2 Å². The Bertz CT molecular complexity index is 187. The lowest BCUT2D eigenvalue weighted by Gasteiger charge is -2.46. The first-order chi connectivity index (χ1) is 6.41. The number of aliphatic hydroxyl groups is 1. The summed E-state index contributed by atoms with van der Waals surface area (Å²) >= 11 is 0. The van der Waals surface area contributed by atoms with Gasteiger partial charge in [0.15, 0.2) is 0 Å². The third-order valence-corrected chi connectivity index (χ3v) is 3.32. The second-order valence-corrected chi connectivity index (χ2v) is 4.69. The van der Waals surface area contributed by atoms with Gasteiger partial charge < -0.3 is 20.5 Å². The fourth-order valence-electron chi connectivity index (χ4n) is 1.99. The van der Waals surface area contributed by atoms with Crippen LogP contribution >= 0.6 is 0 Å². The Kier molecular flexibility index (Phi) is 3.53. The van der Waals surface area contributed by atoms with Gasteiger partial charge in [-0.05, 0) is 26.8 Å². The lowest BCUT2D eigenvalue weighted by Crippen LogP contribution is -2.64. The van der Waals surface area contributed by atoms with Gasteiger partial charge in [-0.1, -0.05) is 0 Å². The summed E-state index contributed by atoms with van der Waals surface area (Å²) in [5.41, 5.74) is 4.66. The third-order valence-electron chi connectivity index (χ3n) is 3.32. The summed E-state index contributed by atoms with van der Waals surface area (Å²) in [6, 6.07) is 0. The minimum Gasteiger partial charge on any atom is -0.388 e. The number of rotatable bonds is 3. The molecule has 4 nitrogen and oxygen atoms in total. The van der Waals surface area contributed by atoms with Crippen LogP contribution < -0.4 is 5.73 Å². The van der Waals surface area contributed by atoms with E-state index in [2.05, 4.69) is 11.9 Å². The fraction of sp³-hybridized carbons (Fsp3) is 1.00. The number of nitrogens with zero attached hydrogens (tertiary/aromatic N) is 1. The summed E-state index contributed by atoms with van der Waals surface area (Å²) in [5, 5.41) is 10.4. The van der Waals surface area contributed by atoms with Crippen molar-refractivity contribution in [2.75, 3.05) is 33.9 Å². The number of hydrogen-bond donors (Lipinski definition) is 2. The zero-order valence-corrected chi connectivity index (χ0v) is 9.42. The number of piperidine rings is 1. The highest BCUT2D eigenvalue weighted by molar-refractivity contribution is 5.03. The number of ether oxygens (including phenoxy) is 1. The second-order valence-electron chi connectivity index (χ2n) is 4.69. The van der Waals surface area contributed by atoms with Gasteiger partial charge in [-0.15, -0.1) is 0 Å². The summed E-state index contributed by atoms with van der Waals surface area (Å²) in [4.78, 5) is 2.21. The first-order valence-corrected chi connectivity index (χ1v) is 5.10. The van der Waals surface area contributed by atoms with Gasteiger partial charge in [0.05, 0.1) is 17.7 Å². The van der Waals surface area contributed by atoms with Gasteiger partial charge >= 0.3 is 0 Å². The normalized spacial score (nSPS) is 27.2. The summed E-state index contributed by atoms with van der Waals surface area (Å²) in [6.07, 6.45) is 1.44. The highest BCUT2D eigenvalue weighted by Gasteiger charge is 2.45. The van der Waals surface area contributed by atoms with Gasteiger partial charge in [0.2, 0.25) is 0 Å². The molecule has 4 heteroatoms. The maximum atomic E-state index is 10.4. The molecule has 1 saturated heterocycles. The van der Waals surface area contributed by atoms with E-state index in [1.165, 1.54) is 0 Å². The van der Waals surface area contributed by atoms with E-state index >= 15 is 0 Å². The van der Waals surface area contributed by atoms with Gasteiger partial charge in [-0.3, -0.25) is 0 Å². The highest BCUT2D eigenvalue weighted by Crippen LogP contribution is 2.31. The number of hydrogen-bond acceptors (Lipinski definition) is 4. The van der Waals surface area contributed by atoms with E-state index in [1.54, 1.807) is 7.11 Å². The number of nitrogens with two attached hydrogens (primary N) is 1. The molecule has 0 spiro atoms. The molecule has 14 heavy (non-hydrogen) atoms. The summed E-state index contributed by atoms with van der Waals surface area (Å²) < 4.78 is 5.05. The van der Waals surface area contributed by atoms with Gasteiger partial charge in [-0.25, -0.2) is 0 Å². The molecule has 1 fully saturated rings. The van der Waals surface area contributed by atoms with E-state index in [0.717, 1.165) is 25.9 Å². The lowest BCUT2D eigenvalue weighted by molar-refractivity contribution is -0.0913. The van der Waals surface area contributed by atoms with Gasteiger partial charge in [0.1, 0.15) is 0 Å². The van der Waals surface area contributed by atoms with Crippen LogP contribution in [0.2, 0.25) is 0 Å². The Balaban J connectivity index is 2.64. The number of methoxy groups -OCH3 is 1. The molecule has 1 aliphatic rings. The Labute approximate surface area is 86.0 Å². The fourth-order valence-corrected chi connectivity index (χ4v) is 1.99. The second kappa shape index (κ2) is 4.14. The quantitative estimate of drug-likeness (QED) is 0.666. The molecule has 0 aromatic heterocycles. The molecule has 1 heterocycles. The molecule has 3 N–H and O–H groups in total. The van der Waals surface area contributed by atoms with Crippen LogP contribution in [0.1, 0.15) is 19.8 Å². The van der Waals surface area contributed by atoms with Crippen molar-refractivity contribution in [3.05, 3.63) is 0 Å². The molecule has 1 atom stereocenters. The van der Waals surface area contributed by atoms with E-state index in [0.29, 0.717) is 6.61 Å². The molecule has 1 rings (SSSR count). The van der Waals surface area contributed by atoms with Crippen molar-refractivity contribution in [2.24, 2.45) is 5.73 Å².